The Bertz CT molecular complexity index is 393. The van der Waals surface area contributed by atoms with E-state index >= 15 is 0 Å². The molecular weight excluding hydrogens is 143 g/mol. The van der Waals surface area contributed by atoms with Gasteiger partial charge in [0.05, 0.1) is 7.85 Å². The molecule has 56 valence electrons. The molecule has 0 aliphatic carbocycles. The second kappa shape index (κ2) is 3.02. The lowest BCUT2D eigenvalue weighted by atomic mass is 9.95. The maximum absolute atomic E-state index is 5.54. The second-order valence-corrected chi connectivity index (χ2v) is 2.89. The zero-order chi connectivity index (χ0) is 8.39. The summed E-state index contributed by atoms with van der Waals surface area (Å²) in [7, 11) is 5.54. The summed E-state index contributed by atoms with van der Waals surface area (Å²) in [4.78, 5) is 0. The Morgan fingerprint density at radius 3 is 2.42 bits per heavy atom. The van der Waals surface area contributed by atoms with Crippen LogP contribution >= 0.6 is 0 Å². The van der Waals surface area contributed by atoms with Gasteiger partial charge in [0.1, 0.15) is 0 Å². The van der Waals surface area contributed by atoms with Gasteiger partial charge in [-0.1, -0.05) is 54.3 Å². The highest BCUT2D eigenvalue weighted by Gasteiger charge is 1.92. The minimum absolute atomic E-state index is 0.616. The molecule has 2 aromatic carbocycles. The van der Waals surface area contributed by atoms with E-state index in [-0.39, 0.29) is 0 Å². The minimum Gasteiger partial charge on any atom is -0.0643 e. The molecule has 0 heterocycles. The van der Waals surface area contributed by atoms with Gasteiger partial charge in [0.25, 0.3) is 0 Å². The third-order valence-electron chi connectivity index (χ3n) is 2.05. The molecule has 2 aromatic rings. The van der Waals surface area contributed by atoms with Crippen LogP contribution < -0.4 is 0 Å². The van der Waals surface area contributed by atoms with Crippen molar-refractivity contribution in [1.82, 2.24) is 0 Å². The van der Waals surface area contributed by atoms with Crippen LogP contribution in [0.15, 0.2) is 42.5 Å². The summed E-state index contributed by atoms with van der Waals surface area (Å²) >= 11 is 0. The van der Waals surface area contributed by atoms with Gasteiger partial charge < -0.3 is 0 Å². The molecule has 0 saturated heterocycles. The molecule has 0 unspecified atom stereocenters. The van der Waals surface area contributed by atoms with Gasteiger partial charge >= 0.3 is 0 Å². The van der Waals surface area contributed by atoms with Crippen molar-refractivity contribution >= 4 is 18.6 Å². The molecule has 0 saturated carbocycles. The molecule has 0 nitrogen and oxygen atoms in total. The van der Waals surface area contributed by atoms with Gasteiger partial charge in [0, 0.05) is 0 Å². The van der Waals surface area contributed by atoms with Crippen molar-refractivity contribution in [2.24, 2.45) is 0 Å². The maximum Gasteiger partial charge on any atom is 0.0716 e. The molecule has 2 rings (SSSR count). The third-order valence-corrected chi connectivity index (χ3v) is 2.05. The van der Waals surface area contributed by atoms with Crippen molar-refractivity contribution in [3.8, 4) is 0 Å². The molecule has 0 aromatic heterocycles. The molecule has 0 spiro atoms. The number of benzene rings is 2. The fraction of sp³-hybridized carbons (Fsp3) is 0.0909. The van der Waals surface area contributed by atoms with Crippen LogP contribution in [0.4, 0.5) is 0 Å². The summed E-state index contributed by atoms with van der Waals surface area (Å²) in [5.74, 6) is 0. The van der Waals surface area contributed by atoms with E-state index in [0.717, 1.165) is 0 Å². The average Bonchev–Trinajstić information content (AvgIpc) is 2.17. The van der Waals surface area contributed by atoms with Gasteiger partial charge in [-0.15, -0.1) is 0 Å². The fourth-order valence-electron chi connectivity index (χ4n) is 1.37. The molecule has 0 amide bonds. The van der Waals surface area contributed by atoms with Crippen LogP contribution in [0.2, 0.25) is 0 Å². The Morgan fingerprint density at radius 1 is 0.917 bits per heavy atom. The quantitative estimate of drug-likeness (QED) is 0.550. The van der Waals surface area contributed by atoms with Gasteiger partial charge in [0.15, 0.2) is 0 Å². The molecule has 0 aliphatic rings. The Morgan fingerprint density at radius 2 is 1.67 bits per heavy atom. The molecule has 0 fully saturated rings. The van der Waals surface area contributed by atoms with Crippen molar-refractivity contribution in [2.45, 2.75) is 6.32 Å². The van der Waals surface area contributed by atoms with Crippen molar-refractivity contribution < 1.29 is 0 Å². The zero-order valence-electron chi connectivity index (χ0n) is 6.83. The van der Waals surface area contributed by atoms with E-state index in [1.165, 1.54) is 16.3 Å². The fourth-order valence-corrected chi connectivity index (χ4v) is 1.37. The SMILES string of the molecule is [B]Cc1ccc2ccccc2c1. The zero-order valence-corrected chi connectivity index (χ0v) is 6.83. The Hall–Kier alpha value is -1.24. The first-order valence-corrected chi connectivity index (χ1v) is 4.08. The van der Waals surface area contributed by atoms with Crippen LogP contribution in [0.1, 0.15) is 5.56 Å². The van der Waals surface area contributed by atoms with E-state index in [1.54, 1.807) is 0 Å². The van der Waals surface area contributed by atoms with Crippen molar-refractivity contribution in [3.05, 3.63) is 48.0 Å². The van der Waals surface area contributed by atoms with Crippen LogP contribution in [0.3, 0.4) is 0 Å². The Balaban J connectivity index is 2.67. The summed E-state index contributed by atoms with van der Waals surface area (Å²) in [5.41, 5.74) is 1.19. The Kier molecular flexibility index (Phi) is 1.87. The first-order valence-electron chi connectivity index (χ1n) is 4.08. The highest BCUT2D eigenvalue weighted by Crippen LogP contribution is 2.15. The van der Waals surface area contributed by atoms with Crippen LogP contribution in [0.5, 0.6) is 0 Å². The van der Waals surface area contributed by atoms with Gasteiger partial charge in [-0.2, -0.15) is 0 Å². The lowest BCUT2D eigenvalue weighted by Gasteiger charge is -1.99. The average molecular weight is 152 g/mol. The van der Waals surface area contributed by atoms with Crippen LogP contribution in [-0.4, -0.2) is 7.85 Å². The molecular formula is C11H9B. The lowest BCUT2D eigenvalue weighted by molar-refractivity contribution is 1.42. The monoisotopic (exact) mass is 152 g/mol. The van der Waals surface area contributed by atoms with E-state index in [0.29, 0.717) is 6.32 Å². The summed E-state index contributed by atoms with van der Waals surface area (Å²) in [6.07, 6.45) is 0.616. The maximum atomic E-state index is 5.54. The number of rotatable bonds is 1. The molecule has 0 bridgehead atoms. The predicted molar refractivity (Wildman–Crippen MR) is 53.4 cm³/mol. The smallest absolute Gasteiger partial charge is 0.0643 e. The van der Waals surface area contributed by atoms with Crippen molar-refractivity contribution in [2.75, 3.05) is 0 Å². The Labute approximate surface area is 73.6 Å². The van der Waals surface area contributed by atoms with Gasteiger partial charge in [-0.05, 0) is 10.8 Å². The van der Waals surface area contributed by atoms with E-state index in [1.807, 2.05) is 12.1 Å². The second-order valence-electron chi connectivity index (χ2n) is 2.89. The topological polar surface area (TPSA) is 0 Å². The van der Waals surface area contributed by atoms with Crippen LogP contribution in [0.25, 0.3) is 10.8 Å². The normalized spacial score (nSPS) is 10.3. The standard InChI is InChI=1S/C11H9B/c12-8-9-5-6-10-3-1-2-4-11(10)7-9/h1-7H,8H2. The number of hydrogen-bond donors (Lipinski definition) is 0. The molecule has 12 heavy (non-hydrogen) atoms. The van der Waals surface area contributed by atoms with E-state index < -0.39 is 0 Å². The van der Waals surface area contributed by atoms with E-state index in [9.17, 15) is 0 Å². The summed E-state index contributed by atoms with van der Waals surface area (Å²) < 4.78 is 0. The molecule has 0 N–H and O–H groups in total. The lowest BCUT2D eigenvalue weighted by Crippen LogP contribution is -1.82. The first kappa shape index (κ1) is 7.42. The summed E-state index contributed by atoms with van der Waals surface area (Å²) in [5, 5.41) is 2.54. The van der Waals surface area contributed by atoms with Gasteiger partial charge in [0.2, 0.25) is 0 Å². The van der Waals surface area contributed by atoms with Crippen LogP contribution in [-0.2, 0) is 6.32 Å². The largest absolute Gasteiger partial charge is 0.0716 e. The van der Waals surface area contributed by atoms with Crippen LogP contribution in [0, 0.1) is 0 Å². The third kappa shape index (κ3) is 1.23. The van der Waals surface area contributed by atoms with E-state index in [2.05, 4.69) is 30.3 Å². The summed E-state index contributed by atoms with van der Waals surface area (Å²) in [6.45, 7) is 0. The van der Waals surface area contributed by atoms with Gasteiger partial charge in [-0.3, -0.25) is 0 Å². The van der Waals surface area contributed by atoms with E-state index in [4.69, 9.17) is 7.85 Å². The molecule has 1 heteroatoms. The number of fused-ring (bicyclic) bond motifs is 1. The van der Waals surface area contributed by atoms with Gasteiger partial charge in [-0.25, -0.2) is 0 Å². The minimum atomic E-state index is 0.616. The highest BCUT2D eigenvalue weighted by molar-refractivity contribution is 6.08. The highest BCUT2D eigenvalue weighted by atomic mass is 14.0. The first-order chi connectivity index (χ1) is 5.90. The molecule has 2 radical (unpaired) electrons. The predicted octanol–water partition coefficient (Wildman–Crippen LogP) is 2.51. The number of hydrogen-bond acceptors (Lipinski definition) is 0. The summed E-state index contributed by atoms with van der Waals surface area (Å²) in [6, 6.07) is 14.6. The molecule has 0 aliphatic heterocycles. The van der Waals surface area contributed by atoms with Crippen molar-refractivity contribution in [3.63, 3.8) is 0 Å². The molecule has 0 atom stereocenters. The van der Waals surface area contributed by atoms with Crippen molar-refractivity contribution in [1.29, 1.82) is 0 Å².